The standard InChI is InChI=1S/C15H13ClO3/c16-9-13-8-12(15(17)18)6-7-14(13)19-10-11-4-2-1-3-5-11/h1-8H,9-10H2,(H,17,18). The molecule has 0 aliphatic rings. The highest BCUT2D eigenvalue weighted by molar-refractivity contribution is 6.17. The first-order valence-electron chi connectivity index (χ1n) is 5.79. The van der Waals surface area contributed by atoms with E-state index in [1.807, 2.05) is 30.3 Å². The van der Waals surface area contributed by atoms with E-state index in [0.717, 1.165) is 5.56 Å². The topological polar surface area (TPSA) is 46.5 Å². The van der Waals surface area contributed by atoms with Gasteiger partial charge in [0.05, 0.1) is 11.4 Å². The summed E-state index contributed by atoms with van der Waals surface area (Å²) >= 11 is 5.82. The lowest BCUT2D eigenvalue weighted by atomic mass is 10.1. The third kappa shape index (κ3) is 3.48. The van der Waals surface area contributed by atoms with Crippen LogP contribution in [0.25, 0.3) is 0 Å². The van der Waals surface area contributed by atoms with E-state index in [4.69, 9.17) is 21.4 Å². The predicted molar refractivity (Wildman–Crippen MR) is 73.7 cm³/mol. The van der Waals surface area contributed by atoms with Crippen LogP contribution in [0.2, 0.25) is 0 Å². The van der Waals surface area contributed by atoms with Gasteiger partial charge in [-0.05, 0) is 23.8 Å². The number of carboxylic acid groups (broad SMARTS) is 1. The minimum absolute atomic E-state index is 0.211. The summed E-state index contributed by atoms with van der Waals surface area (Å²) < 4.78 is 5.67. The van der Waals surface area contributed by atoms with Gasteiger partial charge >= 0.3 is 5.97 Å². The van der Waals surface area contributed by atoms with E-state index in [2.05, 4.69) is 0 Å². The molecule has 0 spiro atoms. The van der Waals surface area contributed by atoms with E-state index >= 15 is 0 Å². The molecule has 0 saturated carbocycles. The predicted octanol–water partition coefficient (Wildman–Crippen LogP) is 3.70. The average Bonchev–Trinajstić information content (AvgIpc) is 2.45. The Hall–Kier alpha value is -2.00. The van der Waals surface area contributed by atoms with Crippen LogP contribution in [-0.2, 0) is 12.5 Å². The first kappa shape index (κ1) is 13.4. The van der Waals surface area contributed by atoms with Gasteiger partial charge in [-0.15, -0.1) is 11.6 Å². The van der Waals surface area contributed by atoms with Crippen molar-refractivity contribution in [1.29, 1.82) is 0 Å². The lowest BCUT2D eigenvalue weighted by Crippen LogP contribution is -2.01. The van der Waals surface area contributed by atoms with Crippen molar-refractivity contribution in [1.82, 2.24) is 0 Å². The Balaban J connectivity index is 2.14. The van der Waals surface area contributed by atoms with Crippen molar-refractivity contribution >= 4 is 17.6 Å². The van der Waals surface area contributed by atoms with Crippen LogP contribution < -0.4 is 4.74 Å². The lowest BCUT2D eigenvalue weighted by Gasteiger charge is -2.10. The lowest BCUT2D eigenvalue weighted by molar-refractivity contribution is 0.0696. The van der Waals surface area contributed by atoms with Crippen molar-refractivity contribution in [3.05, 3.63) is 65.2 Å². The minimum Gasteiger partial charge on any atom is -0.489 e. The SMILES string of the molecule is O=C(O)c1ccc(OCc2ccccc2)c(CCl)c1. The zero-order valence-electron chi connectivity index (χ0n) is 10.2. The molecule has 2 aromatic rings. The average molecular weight is 277 g/mol. The maximum absolute atomic E-state index is 10.9. The molecule has 0 atom stereocenters. The summed E-state index contributed by atoms with van der Waals surface area (Å²) in [6, 6.07) is 14.4. The van der Waals surface area contributed by atoms with Gasteiger partial charge in [0.2, 0.25) is 0 Å². The Morgan fingerprint density at radius 1 is 1.16 bits per heavy atom. The van der Waals surface area contributed by atoms with Crippen LogP contribution in [0.1, 0.15) is 21.5 Å². The Kier molecular flexibility index (Phi) is 4.42. The molecule has 0 radical (unpaired) electrons. The van der Waals surface area contributed by atoms with E-state index in [9.17, 15) is 4.79 Å². The summed E-state index contributed by atoms with van der Waals surface area (Å²) in [5, 5.41) is 8.92. The summed E-state index contributed by atoms with van der Waals surface area (Å²) in [7, 11) is 0. The van der Waals surface area contributed by atoms with Crippen LogP contribution in [-0.4, -0.2) is 11.1 Å². The number of rotatable bonds is 5. The molecule has 0 bridgehead atoms. The van der Waals surface area contributed by atoms with Crippen molar-refractivity contribution < 1.29 is 14.6 Å². The van der Waals surface area contributed by atoms with Crippen LogP contribution in [0.5, 0.6) is 5.75 Å². The molecular weight excluding hydrogens is 264 g/mol. The van der Waals surface area contributed by atoms with Crippen LogP contribution in [0.3, 0.4) is 0 Å². The van der Waals surface area contributed by atoms with Crippen molar-refractivity contribution in [3.63, 3.8) is 0 Å². The summed E-state index contributed by atoms with van der Waals surface area (Å²) in [6.07, 6.45) is 0. The fourth-order valence-electron chi connectivity index (χ4n) is 1.69. The van der Waals surface area contributed by atoms with Gasteiger partial charge in [-0.3, -0.25) is 0 Å². The molecule has 0 saturated heterocycles. The highest BCUT2D eigenvalue weighted by atomic mass is 35.5. The Bertz CT molecular complexity index is 567. The Morgan fingerprint density at radius 2 is 1.89 bits per heavy atom. The third-order valence-corrected chi connectivity index (χ3v) is 2.98. The number of halogens is 1. The molecule has 98 valence electrons. The normalized spacial score (nSPS) is 10.2. The van der Waals surface area contributed by atoms with Crippen LogP contribution in [0.4, 0.5) is 0 Å². The fourth-order valence-corrected chi connectivity index (χ4v) is 1.90. The smallest absolute Gasteiger partial charge is 0.335 e. The van der Waals surface area contributed by atoms with Gasteiger partial charge in [-0.25, -0.2) is 4.79 Å². The van der Waals surface area contributed by atoms with Gasteiger partial charge in [0.1, 0.15) is 12.4 Å². The second-order valence-corrected chi connectivity index (χ2v) is 4.30. The van der Waals surface area contributed by atoms with E-state index in [1.54, 1.807) is 6.07 Å². The molecule has 0 unspecified atom stereocenters. The third-order valence-electron chi connectivity index (χ3n) is 2.69. The van der Waals surface area contributed by atoms with E-state index in [-0.39, 0.29) is 11.4 Å². The van der Waals surface area contributed by atoms with E-state index in [0.29, 0.717) is 17.9 Å². The van der Waals surface area contributed by atoms with Crippen molar-refractivity contribution in [2.75, 3.05) is 0 Å². The molecule has 0 heterocycles. The molecule has 0 amide bonds. The van der Waals surface area contributed by atoms with Gasteiger partial charge in [0.15, 0.2) is 0 Å². The minimum atomic E-state index is -0.971. The number of alkyl halides is 1. The van der Waals surface area contributed by atoms with Gasteiger partial charge < -0.3 is 9.84 Å². The molecule has 1 N–H and O–H groups in total. The van der Waals surface area contributed by atoms with E-state index < -0.39 is 5.97 Å². The number of aromatic carboxylic acids is 1. The maximum Gasteiger partial charge on any atom is 0.335 e. The molecule has 4 heteroatoms. The second kappa shape index (κ2) is 6.25. The number of hydrogen-bond donors (Lipinski definition) is 1. The monoisotopic (exact) mass is 276 g/mol. The number of carboxylic acids is 1. The van der Waals surface area contributed by atoms with Gasteiger partial charge in [-0.1, -0.05) is 30.3 Å². The maximum atomic E-state index is 10.9. The fraction of sp³-hybridized carbons (Fsp3) is 0.133. The van der Waals surface area contributed by atoms with Crippen molar-refractivity contribution in [3.8, 4) is 5.75 Å². The Labute approximate surface area is 116 Å². The zero-order chi connectivity index (χ0) is 13.7. The molecule has 0 aliphatic heterocycles. The number of benzene rings is 2. The molecule has 0 aromatic heterocycles. The summed E-state index contributed by atoms with van der Waals surface area (Å²) in [5.74, 6) is -0.143. The summed E-state index contributed by atoms with van der Waals surface area (Å²) in [6.45, 7) is 0.428. The molecular formula is C15H13ClO3. The molecule has 3 nitrogen and oxygen atoms in total. The highest BCUT2D eigenvalue weighted by Crippen LogP contribution is 2.23. The molecule has 0 aliphatic carbocycles. The number of carbonyl (C=O) groups is 1. The quantitative estimate of drug-likeness (QED) is 0.847. The van der Waals surface area contributed by atoms with E-state index in [1.165, 1.54) is 12.1 Å². The number of ether oxygens (including phenoxy) is 1. The summed E-state index contributed by atoms with van der Waals surface area (Å²) in [4.78, 5) is 10.9. The highest BCUT2D eigenvalue weighted by Gasteiger charge is 2.09. The summed E-state index contributed by atoms with van der Waals surface area (Å²) in [5.41, 5.74) is 1.94. The van der Waals surface area contributed by atoms with Crippen LogP contribution in [0, 0.1) is 0 Å². The zero-order valence-corrected chi connectivity index (χ0v) is 10.9. The first-order chi connectivity index (χ1) is 9.20. The largest absolute Gasteiger partial charge is 0.489 e. The molecule has 19 heavy (non-hydrogen) atoms. The molecule has 2 rings (SSSR count). The number of hydrogen-bond acceptors (Lipinski definition) is 2. The van der Waals surface area contributed by atoms with Gasteiger partial charge in [0.25, 0.3) is 0 Å². The van der Waals surface area contributed by atoms with Crippen molar-refractivity contribution in [2.24, 2.45) is 0 Å². The molecule has 2 aromatic carbocycles. The van der Waals surface area contributed by atoms with Crippen molar-refractivity contribution in [2.45, 2.75) is 12.5 Å². The van der Waals surface area contributed by atoms with Gasteiger partial charge in [-0.2, -0.15) is 0 Å². The second-order valence-electron chi connectivity index (χ2n) is 4.04. The Morgan fingerprint density at radius 3 is 2.53 bits per heavy atom. The van der Waals surface area contributed by atoms with Gasteiger partial charge in [0, 0.05) is 5.56 Å². The van der Waals surface area contributed by atoms with Crippen LogP contribution in [0.15, 0.2) is 48.5 Å². The molecule has 0 fully saturated rings. The first-order valence-corrected chi connectivity index (χ1v) is 6.33. The van der Waals surface area contributed by atoms with Crippen LogP contribution >= 0.6 is 11.6 Å².